The number of hydrogen-bond acceptors (Lipinski definition) is 2. The van der Waals surface area contributed by atoms with Gasteiger partial charge in [0.25, 0.3) is 0 Å². The van der Waals surface area contributed by atoms with Gasteiger partial charge in [-0.05, 0) is 58.3 Å². The summed E-state index contributed by atoms with van der Waals surface area (Å²) in [5.41, 5.74) is -1.45. The molecule has 2 rings (SSSR count). The van der Waals surface area contributed by atoms with Crippen LogP contribution >= 0.6 is 0 Å². The molecule has 0 unspecified atom stereocenters. The first kappa shape index (κ1) is 19.0. The van der Waals surface area contributed by atoms with E-state index in [1.54, 1.807) is 0 Å². The van der Waals surface area contributed by atoms with Crippen LogP contribution in [0.1, 0.15) is 67.7 Å². The first-order valence-electron chi connectivity index (χ1n) is 8.79. The van der Waals surface area contributed by atoms with Crippen LogP contribution in [0, 0.1) is 11.3 Å². The van der Waals surface area contributed by atoms with Crippen molar-refractivity contribution in [1.29, 1.82) is 0 Å². The summed E-state index contributed by atoms with van der Waals surface area (Å²) < 4.78 is 39.4. The zero-order valence-electron chi connectivity index (χ0n) is 15.6. The van der Waals surface area contributed by atoms with Gasteiger partial charge in [-0.25, -0.2) is 0 Å². The molecule has 3 atom stereocenters. The Morgan fingerprint density at radius 3 is 1.87 bits per heavy atom. The molecule has 2 aliphatic rings. The summed E-state index contributed by atoms with van der Waals surface area (Å²) in [6.45, 7) is 15.9. The first-order chi connectivity index (χ1) is 10.2. The van der Waals surface area contributed by atoms with Crippen molar-refractivity contribution >= 4 is 0 Å². The lowest BCUT2D eigenvalue weighted by molar-refractivity contribution is -0.166. The summed E-state index contributed by atoms with van der Waals surface area (Å²) in [4.78, 5) is 2.52. The third-order valence-electron chi connectivity index (χ3n) is 5.75. The van der Waals surface area contributed by atoms with Crippen LogP contribution in [0.3, 0.4) is 0 Å². The molecular formula is C18H33F3N2. The van der Waals surface area contributed by atoms with Crippen molar-refractivity contribution in [2.75, 3.05) is 6.54 Å². The highest BCUT2D eigenvalue weighted by molar-refractivity contribution is 5.09. The van der Waals surface area contributed by atoms with Crippen molar-refractivity contribution in [3.8, 4) is 0 Å². The van der Waals surface area contributed by atoms with Crippen LogP contribution in [-0.2, 0) is 0 Å². The monoisotopic (exact) mass is 334 g/mol. The lowest BCUT2D eigenvalue weighted by atomic mass is 9.82. The summed E-state index contributed by atoms with van der Waals surface area (Å²) in [6.07, 6.45) is -2.71. The Labute approximate surface area is 139 Å². The molecule has 5 heteroatoms. The highest BCUT2D eigenvalue weighted by atomic mass is 19.4. The van der Waals surface area contributed by atoms with E-state index in [0.29, 0.717) is 12.6 Å². The zero-order valence-corrected chi connectivity index (χ0v) is 15.6. The predicted octanol–water partition coefficient (Wildman–Crippen LogP) is 4.59. The standard InChI is InChI=1S/C18H33F3N2/c1-12-13(11-22-17(8-9-17)18(19,20)21)10-14(15(2,3)4)23(12)16(5,6)7/h12-14,22H,8-11H2,1-7H3/t12-,13-,14+/m1/s1. The van der Waals surface area contributed by atoms with Gasteiger partial charge in [-0.3, -0.25) is 4.90 Å². The second kappa shape index (κ2) is 5.62. The maximum absolute atomic E-state index is 13.1. The molecule has 1 aliphatic carbocycles. The summed E-state index contributed by atoms with van der Waals surface area (Å²) >= 11 is 0. The molecule has 0 aromatic heterocycles. The van der Waals surface area contributed by atoms with Gasteiger partial charge >= 0.3 is 6.18 Å². The summed E-state index contributed by atoms with van der Waals surface area (Å²) in [7, 11) is 0. The van der Waals surface area contributed by atoms with E-state index in [2.05, 4.69) is 58.7 Å². The van der Waals surface area contributed by atoms with Crippen molar-refractivity contribution in [3.05, 3.63) is 0 Å². The van der Waals surface area contributed by atoms with E-state index in [4.69, 9.17) is 0 Å². The lowest BCUT2D eigenvalue weighted by Gasteiger charge is -2.45. The van der Waals surface area contributed by atoms with Gasteiger partial charge in [0.05, 0.1) is 0 Å². The van der Waals surface area contributed by atoms with Gasteiger partial charge in [-0.15, -0.1) is 0 Å². The molecule has 1 heterocycles. The van der Waals surface area contributed by atoms with Crippen LogP contribution in [0.15, 0.2) is 0 Å². The van der Waals surface area contributed by atoms with Crippen LogP contribution in [0.25, 0.3) is 0 Å². The number of halogens is 3. The molecular weight excluding hydrogens is 301 g/mol. The van der Waals surface area contributed by atoms with E-state index in [1.807, 2.05) is 0 Å². The zero-order chi connectivity index (χ0) is 17.8. The minimum Gasteiger partial charge on any atom is -0.303 e. The number of nitrogens with zero attached hydrogens (tertiary/aromatic N) is 1. The second-order valence-electron chi connectivity index (χ2n) is 9.66. The van der Waals surface area contributed by atoms with Crippen LogP contribution < -0.4 is 5.32 Å². The van der Waals surface area contributed by atoms with Crippen molar-refractivity contribution in [2.45, 2.75) is 97.1 Å². The van der Waals surface area contributed by atoms with Gasteiger partial charge in [-0.2, -0.15) is 13.2 Å². The van der Waals surface area contributed by atoms with Gasteiger partial charge in [0, 0.05) is 24.2 Å². The van der Waals surface area contributed by atoms with Crippen molar-refractivity contribution in [1.82, 2.24) is 10.2 Å². The van der Waals surface area contributed by atoms with Crippen molar-refractivity contribution in [2.24, 2.45) is 11.3 Å². The largest absolute Gasteiger partial charge is 0.406 e. The Balaban J connectivity index is 2.10. The van der Waals surface area contributed by atoms with E-state index in [9.17, 15) is 13.2 Å². The fourth-order valence-electron chi connectivity index (χ4n) is 4.22. The van der Waals surface area contributed by atoms with Crippen LogP contribution in [0.4, 0.5) is 13.2 Å². The van der Waals surface area contributed by atoms with E-state index in [0.717, 1.165) is 6.42 Å². The molecule has 0 aromatic rings. The van der Waals surface area contributed by atoms with E-state index in [-0.39, 0.29) is 35.8 Å². The quantitative estimate of drug-likeness (QED) is 0.812. The number of rotatable bonds is 3. The van der Waals surface area contributed by atoms with Gasteiger partial charge in [0.15, 0.2) is 0 Å². The maximum Gasteiger partial charge on any atom is 0.406 e. The Bertz CT molecular complexity index is 427. The van der Waals surface area contributed by atoms with E-state index >= 15 is 0 Å². The highest BCUT2D eigenvalue weighted by Crippen LogP contribution is 2.50. The lowest BCUT2D eigenvalue weighted by Crippen LogP contribution is -2.53. The molecule has 0 amide bonds. The predicted molar refractivity (Wildman–Crippen MR) is 88.4 cm³/mol. The maximum atomic E-state index is 13.1. The second-order valence-corrected chi connectivity index (χ2v) is 9.66. The van der Waals surface area contributed by atoms with Gasteiger partial charge in [-0.1, -0.05) is 20.8 Å². The molecule has 136 valence electrons. The highest BCUT2D eigenvalue weighted by Gasteiger charge is 2.63. The molecule has 0 radical (unpaired) electrons. The van der Waals surface area contributed by atoms with Crippen LogP contribution in [0.2, 0.25) is 0 Å². The molecule has 2 nitrogen and oxygen atoms in total. The van der Waals surface area contributed by atoms with Crippen molar-refractivity contribution < 1.29 is 13.2 Å². The molecule has 0 aromatic carbocycles. The molecule has 0 bridgehead atoms. The Hall–Kier alpha value is -0.290. The Kier molecular flexibility index (Phi) is 4.65. The third-order valence-corrected chi connectivity index (χ3v) is 5.75. The number of likely N-dealkylation sites (tertiary alicyclic amines) is 1. The minimum atomic E-state index is -4.12. The molecule has 2 fully saturated rings. The van der Waals surface area contributed by atoms with E-state index in [1.165, 1.54) is 0 Å². The number of alkyl halides is 3. The first-order valence-corrected chi connectivity index (χ1v) is 8.79. The fraction of sp³-hybridized carbons (Fsp3) is 1.00. The summed E-state index contributed by atoms with van der Waals surface area (Å²) in [6, 6.07) is 0.682. The average Bonchev–Trinajstić information content (AvgIpc) is 3.03. The number of hydrogen-bond donors (Lipinski definition) is 1. The Morgan fingerprint density at radius 2 is 1.57 bits per heavy atom. The summed E-state index contributed by atoms with van der Waals surface area (Å²) in [5, 5.41) is 2.87. The molecule has 1 saturated carbocycles. The SMILES string of the molecule is C[C@@H]1[C@@H](CNC2(C(F)(F)F)CC2)C[C@@H](C(C)(C)C)N1C(C)(C)C. The average molecular weight is 334 g/mol. The van der Waals surface area contributed by atoms with Crippen LogP contribution in [0.5, 0.6) is 0 Å². The van der Waals surface area contributed by atoms with E-state index < -0.39 is 11.7 Å². The molecule has 23 heavy (non-hydrogen) atoms. The van der Waals surface area contributed by atoms with Gasteiger partial charge in [0.1, 0.15) is 5.54 Å². The third kappa shape index (κ3) is 3.71. The summed E-state index contributed by atoms with van der Waals surface area (Å²) in [5.74, 6) is 0.262. The topological polar surface area (TPSA) is 15.3 Å². The molecule has 1 N–H and O–H groups in total. The molecule has 1 saturated heterocycles. The number of nitrogens with one attached hydrogen (secondary N) is 1. The normalized spacial score (nSPS) is 32.3. The minimum absolute atomic E-state index is 0.0212. The fourth-order valence-corrected chi connectivity index (χ4v) is 4.22. The Morgan fingerprint density at radius 1 is 1.04 bits per heavy atom. The smallest absolute Gasteiger partial charge is 0.303 e. The van der Waals surface area contributed by atoms with Gasteiger partial charge < -0.3 is 5.32 Å². The van der Waals surface area contributed by atoms with Crippen LogP contribution in [-0.4, -0.2) is 40.8 Å². The van der Waals surface area contributed by atoms with Gasteiger partial charge in [0.2, 0.25) is 0 Å². The van der Waals surface area contributed by atoms with Crippen molar-refractivity contribution in [3.63, 3.8) is 0 Å². The molecule has 1 aliphatic heterocycles. The molecule has 0 spiro atoms.